The second kappa shape index (κ2) is 7.32. The van der Waals surface area contributed by atoms with Crippen molar-refractivity contribution in [1.29, 1.82) is 0 Å². The third-order valence-corrected chi connectivity index (χ3v) is 5.71. The number of H-pyrrole nitrogens is 1. The minimum atomic E-state index is -0.424. The lowest BCUT2D eigenvalue weighted by Crippen LogP contribution is -2.09. The molecule has 0 amide bonds. The predicted octanol–water partition coefficient (Wildman–Crippen LogP) is 6.93. The van der Waals surface area contributed by atoms with Gasteiger partial charge in [-0.2, -0.15) is 0 Å². The Morgan fingerprint density at radius 3 is 2.39 bits per heavy atom. The lowest BCUT2D eigenvalue weighted by molar-refractivity contribution is 0.482. The van der Waals surface area contributed by atoms with Crippen LogP contribution in [-0.4, -0.2) is 10.1 Å². The van der Waals surface area contributed by atoms with Crippen LogP contribution in [-0.2, 0) is 0 Å². The van der Waals surface area contributed by atoms with E-state index in [1.54, 1.807) is 6.07 Å². The molecule has 0 aliphatic carbocycles. The van der Waals surface area contributed by atoms with Crippen LogP contribution in [0.4, 0.5) is 5.69 Å². The Hall–Kier alpha value is -4.07. The van der Waals surface area contributed by atoms with Gasteiger partial charge < -0.3 is 10.1 Å². The van der Waals surface area contributed by atoms with Gasteiger partial charge in [0, 0.05) is 10.4 Å². The number of aromatic nitrogens is 1. The van der Waals surface area contributed by atoms with E-state index in [-0.39, 0.29) is 22.0 Å². The van der Waals surface area contributed by atoms with Crippen LogP contribution in [0.5, 0.6) is 5.75 Å². The third kappa shape index (κ3) is 3.22. The quantitative estimate of drug-likeness (QED) is 0.303. The second-order valence-electron chi connectivity index (χ2n) is 7.28. The molecule has 1 heterocycles. The number of benzene rings is 4. The number of halogens is 1. The van der Waals surface area contributed by atoms with Crippen LogP contribution in [0.15, 0.2) is 83.7 Å². The number of nitrogens with one attached hydrogen (secondary N) is 1. The summed E-state index contributed by atoms with van der Waals surface area (Å²) >= 11 is 6.08. The number of pyridine rings is 1. The molecule has 4 aromatic carbocycles. The van der Waals surface area contributed by atoms with Crippen molar-refractivity contribution in [2.75, 3.05) is 0 Å². The summed E-state index contributed by atoms with van der Waals surface area (Å²) in [6.45, 7) is 7.26. The smallest absolute Gasteiger partial charge is 0.260 e. The van der Waals surface area contributed by atoms with Gasteiger partial charge in [0.1, 0.15) is 5.75 Å². The van der Waals surface area contributed by atoms with E-state index >= 15 is 0 Å². The Morgan fingerprint density at radius 2 is 1.58 bits per heavy atom. The maximum Gasteiger partial charge on any atom is 0.260 e. The molecular weight excluding hydrogens is 408 g/mol. The van der Waals surface area contributed by atoms with E-state index in [1.807, 2.05) is 36.4 Å². The second-order valence-corrected chi connectivity index (χ2v) is 7.69. The Bertz CT molecular complexity index is 1600. The number of nitrogens with zero attached hydrogens (tertiary/aromatic N) is 1. The Morgan fingerprint density at radius 1 is 0.839 bits per heavy atom. The monoisotopic (exact) mass is 422 g/mol. The van der Waals surface area contributed by atoms with Crippen LogP contribution in [0, 0.1) is 6.57 Å². The van der Waals surface area contributed by atoms with Gasteiger partial charge in [-0.15, -0.1) is 0 Å². The van der Waals surface area contributed by atoms with Crippen LogP contribution in [0.2, 0.25) is 5.02 Å². The molecule has 2 N–H and O–H groups in total. The Balaban J connectivity index is 1.69. The van der Waals surface area contributed by atoms with Crippen molar-refractivity contribution in [1.82, 2.24) is 4.98 Å². The minimum absolute atomic E-state index is 0.161. The van der Waals surface area contributed by atoms with E-state index < -0.39 is 5.56 Å². The van der Waals surface area contributed by atoms with Gasteiger partial charge in [0.2, 0.25) is 5.69 Å². The van der Waals surface area contributed by atoms with Gasteiger partial charge in [-0.25, -0.2) is 4.85 Å². The molecule has 0 spiro atoms. The summed E-state index contributed by atoms with van der Waals surface area (Å²) in [5.41, 5.74) is 2.87. The summed E-state index contributed by atoms with van der Waals surface area (Å²) in [6, 6.07) is 24.8. The molecule has 31 heavy (non-hydrogen) atoms. The summed E-state index contributed by atoms with van der Waals surface area (Å²) < 4.78 is 0. The van der Waals surface area contributed by atoms with Crippen molar-refractivity contribution < 1.29 is 5.11 Å². The molecule has 5 rings (SSSR count). The van der Waals surface area contributed by atoms with Crippen molar-refractivity contribution in [2.24, 2.45) is 0 Å². The van der Waals surface area contributed by atoms with E-state index in [0.29, 0.717) is 16.5 Å². The maximum absolute atomic E-state index is 12.8. The minimum Gasteiger partial charge on any atom is -0.506 e. The highest BCUT2D eigenvalue weighted by atomic mass is 35.5. The lowest BCUT2D eigenvalue weighted by Gasteiger charge is -2.11. The molecule has 0 radical (unpaired) electrons. The fraction of sp³-hybridized carbons (Fsp3) is 0. The molecule has 148 valence electrons. The van der Waals surface area contributed by atoms with Crippen LogP contribution < -0.4 is 5.56 Å². The van der Waals surface area contributed by atoms with Crippen LogP contribution >= 0.6 is 11.6 Å². The molecule has 0 aliphatic heterocycles. The molecule has 0 saturated heterocycles. The van der Waals surface area contributed by atoms with E-state index in [4.69, 9.17) is 18.2 Å². The van der Waals surface area contributed by atoms with Gasteiger partial charge in [-0.3, -0.25) is 4.79 Å². The summed E-state index contributed by atoms with van der Waals surface area (Å²) in [5.74, 6) is -0.170. The molecule has 0 atom stereocenters. The van der Waals surface area contributed by atoms with Gasteiger partial charge in [-0.05, 0) is 51.7 Å². The SMILES string of the molecule is [C-]#[N+]c1cc2c(O)c(-c3cccc(-c4ccc5ccccc5c4)c3)c(=O)[nH]c2cc1Cl. The topological polar surface area (TPSA) is 57.4 Å². The van der Waals surface area contributed by atoms with Gasteiger partial charge in [0.25, 0.3) is 5.56 Å². The van der Waals surface area contributed by atoms with Gasteiger partial charge in [-0.1, -0.05) is 66.2 Å². The normalized spacial score (nSPS) is 11.0. The molecule has 0 aliphatic rings. The van der Waals surface area contributed by atoms with Gasteiger partial charge in [0.15, 0.2) is 0 Å². The van der Waals surface area contributed by atoms with Crippen molar-refractivity contribution in [3.05, 3.63) is 106 Å². The molecule has 0 unspecified atom stereocenters. The van der Waals surface area contributed by atoms with Crippen molar-refractivity contribution in [2.45, 2.75) is 0 Å². The zero-order chi connectivity index (χ0) is 21.5. The van der Waals surface area contributed by atoms with Crippen LogP contribution in [0.3, 0.4) is 0 Å². The van der Waals surface area contributed by atoms with E-state index in [0.717, 1.165) is 21.9 Å². The molecule has 0 saturated carbocycles. The number of hydrogen-bond acceptors (Lipinski definition) is 2. The highest BCUT2D eigenvalue weighted by Gasteiger charge is 2.16. The van der Waals surface area contributed by atoms with E-state index in [9.17, 15) is 9.90 Å². The van der Waals surface area contributed by atoms with Crippen molar-refractivity contribution in [3.63, 3.8) is 0 Å². The molecule has 5 heteroatoms. The van der Waals surface area contributed by atoms with E-state index in [1.165, 1.54) is 12.1 Å². The Kier molecular flexibility index (Phi) is 4.47. The standard InChI is InChI=1S/C26H15ClN2O2/c1-28-23-13-20-22(14-21(23)27)29-26(31)24(25(20)30)19-8-4-7-17(12-19)18-10-9-15-5-2-3-6-16(15)11-18/h2-14H,(H2,29,30,31). The zero-order valence-electron chi connectivity index (χ0n) is 16.2. The molecule has 5 aromatic rings. The number of fused-ring (bicyclic) bond motifs is 2. The maximum atomic E-state index is 12.8. The number of rotatable bonds is 2. The van der Waals surface area contributed by atoms with Gasteiger partial charge in [0.05, 0.1) is 17.7 Å². The summed E-state index contributed by atoms with van der Waals surface area (Å²) in [6.07, 6.45) is 0. The van der Waals surface area contributed by atoms with Crippen LogP contribution in [0.1, 0.15) is 0 Å². The molecule has 1 aromatic heterocycles. The molecular formula is C26H15ClN2O2. The van der Waals surface area contributed by atoms with Crippen molar-refractivity contribution in [3.8, 4) is 28.0 Å². The molecule has 4 nitrogen and oxygen atoms in total. The predicted molar refractivity (Wildman–Crippen MR) is 126 cm³/mol. The first-order valence-corrected chi connectivity index (χ1v) is 9.98. The Labute approximate surface area is 182 Å². The lowest BCUT2D eigenvalue weighted by atomic mass is 9.96. The number of aromatic hydroxyl groups is 1. The highest BCUT2D eigenvalue weighted by Crippen LogP contribution is 2.38. The molecule has 0 bridgehead atoms. The average molecular weight is 423 g/mol. The fourth-order valence-electron chi connectivity index (χ4n) is 3.86. The number of hydrogen-bond donors (Lipinski definition) is 2. The number of aromatic amines is 1. The van der Waals surface area contributed by atoms with Crippen LogP contribution in [0.25, 0.3) is 48.8 Å². The average Bonchev–Trinajstić information content (AvgIpc) is 2.78. The summed E-state index contributed by atoms with van der Waals surface area (Å²) in [7, 11) is 0. The third-order valence-electron chi connectivity index (χ3n) is 5.41. The van der Waals surface area contributed by atoms with Crippen molar-refractivity contribution >= 4 is 39.0 Å². The van der Waals surface area contributed by atoms with Gasteiger partial charge >= 0.3 is 0 Å². The first-order valence-electron chi connectivity index (χ1n) is 9.61. The summed E-state index contributed by atoms with van der Waals surface area (Å²) in [5, 5.41) is 13.8. The zero-order valence-corrected chi connectivity index (χ0v) is 16.9. The first kappa shape index (κ1) is 18.9. The highest BCUT2D eigenvalue weighted by molar-refractivity contribution is 6.34. The molecule has 0 fully saturated rings. The van der Waals surface area contributed by atoms with E-state index in [2.05, 4.69) is 34.1 Å². The fourth-order valence-corrected chi connectivity index (χ4v) is 4.07. The first-order chi connectivity index (χ1) is 15.0. The largest absolute Gasteiger partial charge is 0.506 e. The summed E-state index contributed by atoms with van der Waals surface area (Å²) in [4.78, 5) is 19.0.